The quantitative estimate of drug-likeness (QED) is 0.839. The van der Waals surface area contributed by atoms with Crippen molar-refractivity contribution in [1.29, 1.82) is 0 Å². The van der Waals surface area contributed by atoms with Crippen LogP contribution in [0.25, 0.3) is 0 Å². The van der Waals surface area contributed by atoms with Gasteiger partial charge in [-0.3, -0.25) is 9.59 Å². The van der Waals surface area contributed by atoms with E-state index in [0.717, 1.165) is 4.90 Å². The average Bonchev–Trinajstić information content (AvgIpc) is 2.85. The van der Waals surface area contributed by atoms with Crippen molar-refractivity contribution in [3.63, 3.8) is 0 Å². The summed E-state index contributed by atoms with van der Waals surface area (Å²) in [5, 5.41) is 3.69. The van der Waals surface area contributed by atoms with Crippen LogP contribution in [-0.4, -0.2) is 25.0 Å². The Balaban J connectivity index is 1.88. The fraction of sp³-hybridized carbons (Fsp3) is 0.176. The fourth-order valence-electron chi connectivity index (χ4n) is 2.62. The Morgan fingerprint density at radius 2 is 1.88 bits per heavy atom. The number of hydrogen-bond donors (Lipinski definition) is 1. The van der Waals surface area contributed by atoms with Crippen molar-refractivity contribution in [1.82, 2.24) is 0 Å². The third kappa shape index (κ3) is 2.92. The first-order chi connectivity index (χ1) is 11.5. The number of amides is 2. The van der Waals surface area contributed by atoms with Crippen molar-refractivity contribution in [2.24, 2.45) is 0 Å². The number of nitrogens with one attached hydrogen (secondary N) is 1. The third-order valence-corrected chi connectivity index (χ3v) is 4.57. The molecule has 0 radical (unpaired) electrons. The zero-order chi connectivity index (χ0) is 17.3. The van der Waals surface area contributed by atoms with Gasteiger partial charge in [-0.15, -0.1) is 0 Å². The predicted octanol–water partition coefficient (Wildman–Crippen LogP) is 3.75. The van der Waals surface area contributed by atoms with E-state index in [2.05, 4.69) is 5.32 Å². The van der Waals surface area contributed by atoms with Crippen molar-refractivity contribution in [2.45, 2.75) is 12.5 Å². The lowest BCUT2D eigenvalue weighted by Crippen LogP contribution is -2.35. The fourth-order valence-corrected chi connectivity index (χ4v) is 2.97. The highest BCUT2D eigenvalue weighted by molar-refractivity contribution is 6.43. The van der Waals surface area contributed by atoms with E-state index in [1.165, 1.54) is 7.11 Å². The van der Waals surface area contributed by atoms with Gasteiger partial charge in [0.05, 0.1) is 35.0 Å². The van der Waals surface area contributed by atoms with Crippen molar-refractivity contribution in [3.8, 4) is 5.75 Å². The van der Waals surface area contributed by atoms with Crippen LogP contribution in [-0.2, 0) is 9.59 Å². The molecule has 1 N–H and O–H groups in total. The largest absolute Gasteiger partial charge is 0.495 e. The van der Waals surface area contributed by atoms with E-state index >= 15 is 0 Å². The molecule has 0 spiro atoms. The highest BCUT2D eigenvalue weighted by Crippen LogP contribution is 2.34. The summed E-state index contributed by atoms with van der Waals surface area (Å²) >= 11 is 12.1. The van der Waals surface area contributed by atoms with Crippen LogP contribution in [0.1, 0.15) is 6.42 Å². The molecule has 0 aromatic heterocycles. The van der Waals surface area contributed by atoms with Crippen LogP contribution >= 0.6 is 23.2 Å². The Labute approximate surface area is 149 Å². The maximum atomic E-state index is 12.7. The molecule has 0 bridgehead atoms. The number of rotatable bonds is 4. The van der Waals surface area contributed by atoms with E-state index < -0.39 is 6.04 Å². The molecule has 1 fully saturated rings. The number of para-hydroxylation sites is 2. The zero-order valence-corrected chi connectivity index (χ0v) is 14.3. The van der Waals surface area contributed by atoms with E-state index in [1.54, 1.807) is 42.5 Å². The number of benzene rings is 2. The average molecular weight is 365 g/mol. The van der Waals surface area contributed by atoms with Crippen LogP contribution in [0.4, 0.5) is 11.4 Å². The van der Waals surface area contributed by atoms with Gasteiger partial charge in [0.2, 0.25) is 5.91 Å². The molecular weight excluding hydrogens is 351 g/mol. The first-order valence-electron chi connectivity index (χ1n) is 7.23. The highest BCUT2D eigenvalue weighted by atomic mass is 35.5. The minimum atomic E-state index is -0.710. The molecule has 1 aliphatic rings. The summed E-state index contributed by atoms with van der Waals surface area (Å²) in [5.74, 6) is -0.207. The van der Waals surface area contributed by atoms with Gasteiger partial charge in [0.1, 0.15) is 11.8 Å². The number of methoxy groups -OCH3 is 1. The standard InChI is InChI=1S/C17H14Cl2N2O3/c1-24-14-8-3-2-7-13(14)21-15(22)9-12(17(21)23)20-11-6-4-5-10(18)16(11)19/h2-8,12,20H,9H2,1H3/t12-/m0/s1. The second-order valence-corrected chi connectivity index (χ2v) is 6.03. The number of imide groups is 1. The smallest absolute Gasteiger partial charge is 0.256 e. The van der Waals surface area contributed by atoms with Crippen molar-refractivity contribution >= 4 is 46.4 Å². The topological polar surface area (TPSA) is 58.6 Å². The van der Waals surface area contributed by atoms with E-state index in [0.29, 0.717) is 27.2 Å². The maximum absolute atomic E-state index is 12.7. The number of ether oxygens (including phenoxy) is 1. The molecular formula is C17H14Cl2N2O3. The second kappa shape index (κ2) is 6.71. The van der Waals surface area contributed by atoms with Gasteiger partial charge in [-0.1, -0.05) is 41.4 Å². The molecule has 124 valence electrons. The first kappa shape index (κ1) is 16.6. The molecule has 3 rings (SSSR count). The molecule has 7 heteroatoms. The monoisotopic (exact) mass is 364 g/mol. The van der Waals surface area contributed by atoms with Crippen LogP contribution in [0, 0.1) is 0 Å². The zero-order valence-electron chi connectivity index (χ0n) is 12.8. The first-order valence-corrected chi connectivity index (χ1v) is 7.99. The Morgan fingerprint density at radius 1 is 1.12 bits per heavy atom. The van der Waals surface area contributed by atoms with Crippen molar-refractivity contribution in [2.75, 3.05) is 17.3 Å². The highest BCUT2D eigenvalue weighted by Gasteiger charge is 2.40. The van der Waals surface area contributed by atoms with Crippen LogP contribution in [0.5, 0.6) is 5.75 Å². The number of carbonyl (C=O) groups is 2. The molecule has 1 atom stereocenters. The van der Waals surface area contributed by atoms with E-state index in [9.17, 15) is 9.59 Å². The molecule has 2 aromatic carbocycles. The molecule has 1 aliphatic heterocycles. The van der Waals surface area contributed by atoms with Crippen molar-refractivity contribution in [3.05, 3.63) is 52.5 Å². The van der Waals surface area contributed by atoms with Crippen molar-refractivity contribution < 1.29 is 14.3 Å². The van der Waals surface area contributed by atoms with Gasteiger partial charge in [0.15, 0.2) is 0 Å². The second-order valence-electron chi connectivity index (χ2n) is 5.24. The summed E-state index contributed by atoms with van der Waals surface area (Å²) in [4.78, 5) is 26.2. The Kier molecular flexibility index (Phi) is 4.64. The molecule has 1 heterocycles. The summed E-state index contributed by atoms with van der Waals surface area (Å²) in [7, 11) is 1.49. The van der Waals surface area contributed by atoms with Gasteiger partial charge >= 0.3 is 0 Å². The summed E-state index contributed by atoms with van der Waals surface area (Å²) in [5.41, 5.74) is 0.939. The normalized spacial score (nSPS) is 17.3. The lowest BCUT2D eigenvalue weighted by molar-refractivity contribution is -0.121. The minimum Gasteiger partial charge on any atom is -0.495 e. The number of hydrogen-bond acceptors (Lipinski definition) is 4. The molecule has 0 unspecified atom stereocenters. The van der Waals surface area contributed by atoms with Gasteiger partial charge in [-0.25, -0.2) is 4.90 Å². The van der Waals surface area contributed by atoms with Crippen LogP contribution in [0.15, 0.2) is 42.5 Å². The number of nitrogens with zero attached hydrogens (tertiary/aromatic N) is 1. The van der Waals surface area contributed by atoms with Gasteiger partial charge < -0.3 is 10.1 Å². The Bertz CT molecular complexity index is 810. The molecule has 0 aliphatic carbocycles. The lowest BCUT2D eigenvalue weighted by atomic mass is 10.2. The van der Waals surface area contributed by atoms with Gasteiger partial charge in [-0.2, -0.15) is 0 Å². The number of carbonyl (C=O) groups excluding carboxylic acids is 2. The maximum Gasteiger partial charge on any atom is 0.256 e. The molecule has 24 heavy (non-hydrogen) atoms. The summed E-state index contributed by atoms with van der Waals surface area (Å²) in [6.45, 7) is 0. The predicted molar refractivity (Wildman–Crippen MR) is 94.0 cm³/mol. The van der Waals surface area contributed by atoms with Gasteiger partial charge in [-0.05, 0) is 24.3 Å². The minimum absolute atomic E-state index is 0.0275. The molecule has 1 saturated heterocycles. The lowest BCUT2D eigenvalue weighted by Gasteiger charge is -2.18. The Hall–Kier alpha value is -2.24. The number of halogens is 2. The molecule has 2 amide bonds. The summed E-state index contributed by atoms with van der Waals surface area (Å²) in [6, 6.07) is 11.2. The van der Waals surface area contributed by atoms with Crippen LogP contribution in [0.2, 0.25) is 10.0 Å². The van der Waals surface area contributed by atoms with Crippen LogP contribution in [0.3, 0.4) is 0 Å². The molecule has 5 nitrogen and oxygen atoms in total. The number of anilines is 2. The van der Waals surface area contributed by atoms with E-state index in [4.69, 9.17) is 27.9 Å². The van der Waals surface area contributed by atoms with E-state index in [-0.39, 0.29) is 18.2 Å². The Morgan fingerprint density at radius 3 is 2.62 bits per heavy atom. The third-order valence-electron chi connectivity index (χ3n) is 3.75. The van der Waals surface area contributed by atoms with Gasteiger partial charge in [0.25, 0.3) is 5.91 Å². The summed E-state index contributed by atoms with van der Waals surface area (Å²) < 4.78 is 5.24. The van der Waals surface area contributed by atoms with Gasteiger partial charge in [0, 0.05) is 0 Å². The SMILES string of the molecule is COc1ccccc1N1C(=O)C[C@H](Nc2cccc(Cl)c2Cl)C1=O. The summed E-state index contributed by atoms with van der Waals surface area (Å²) in [6.07, 6.45) is 0.0275. The van der Waals surface area contributed by atoms with E-state index in [1.807, 2.05) is 0 Å². The molecule has 2 aromatic rings. The van der Waals surface area contributed by atoms with Crippen LogP contribution < -0.4 is 15.0 Å². The molecule has 0 saturated carbocycles.